The zero-order valence-corrected chi connectivity index (χ0v) is 18.5. The molecule has 1 saturated heterocycles. The molecule has 1 unspecified atom stereocenters. The van der Waals surface area contributed by atoms with Gasteiger partial charge >= 0.3 is 0 Å². The lowest BCUT2D eigenvalue weighted by atomic mass is 10.0. The monoisotopic (exact) mass is 423 g/mol. The molecule has 2 rings (SSSR count). The molecule has 8 heteroatoms. The average molecular weight is 424 g/mol. The van der Waals surface area contributed by atoms with Crippen molar-refractivity contribution in [2.45, 2.75) is 32.7 Å². The zero-order valence-electron chi connectivity index (χ0n) is 17.7. The van der Waals surface area contributed by atoms with E-state index in [0.717, 1.165) is 50.9 Å². The molecule has 1 aromatic carbocycles. The van der Waals surface area contributed by atoms with Gasteiger partial charge in [0.2, 0.25) is 5.91 Å². The number of nitrogens with one attached hydrogen (secondary N) is 3. The smallest absolute Gasteiger partial charge is 0.224 e. The molecule has 1 amide bonds. The van der Waals surface area contributed by atoms with E-state index in [1.165, 1.54) is 0 Å². The number of anilines is 1. The number of nitrogens with zero attached hydrogens (tertiary/aromatic N) is 2. The minimum atomic E-state index is -0.00995. The largest absolute Gasteiger partial charge is 0.379 e. The molecule has 0 radical (unpaired) electrons. The number of aliphatic imine (C=N–C) groups is 1. The van der Waals surface area contributed by atoms with Crippen LogP contribution in [0.2, 0.25) is 5.02 Å². The molecule has 1 aliphatic heterocycles. The number of carbonyl (C=O) groups is 1. The molecule has 1 fully saturated rings. The van der Waals surface area contributed by atoms with Crippen molar-refractivity contribution in [1.82, 2.24) is 15.5 Å². The molecule has 1 aromatic rings. The second-order valence-corrected chi connectivity index (χ2v) is 7.93. The molecular formula is C21H34ClN5O2. The number of hydrogen-bond acceptors (Lipinski definition) is 4. The maximum absolute atomic E-state index is 12.0. The number of hydrogen-bond donors (Lipinski definition) is 3. The van der Waals surface area contributed by atoms with Gasteiger partial charge in [-0.1, -0.05) is 25.4 Å². The van der Waals surface area contributed by atoms with Gasteiger partial charge < -0.3 is 20.7 Å². The molecule has 0 bridgehead atoms. The summed E-state index contributed by atoms with van der Waals surface area (Å²) in [6, 6.07) is 7.54. The molecule has 0 spiro atoms. The van der Waals surface area contributed by atoms with Crippen LogP contribution in [0.25, 0.3) is 0 Å². The van der Waals surface area contributed by atoms with Gasteiger partial charge in [-0.25, -0.2) is 0 Å². The number of morpholine rings is 1. The van der Waals surface area contributed by atoms with E-state index < -0.39 is 0 Å². The van der Waals surface area contributed by atoms with Crippen molar-refractivity contribution in [3.05, 3.63) is 29.3 Å². The first-order valence-corrected chi connectivity index (χ1v) is 10.7. The fourth-order valence-electron chi connectivity index (χ4n) is 3.33. The van der Waals surface area contributed by atoms with Crippen LogP contribution in [0.3, 0.4) is 0 Å². The van der Waals surface area contributed by atoms with Crippen LogP contribution >= 0.6 is 11.6 Å². The molecule has 1 heterocycles. The quantitative estimate of drug-likeness (QED) is 0.323. The van der Waals surface area contributed by atoms with Crippen LogP contribution in [0.4, 0.5) is 5.69 Å². The van der Waals surface area contributed by atoms with Gasteiger partial charge in [-0.2, -0.15) is 0 Å². The SMILES string of the molecule is CN=C(NCCCC(=O)Nc1ccc(Cl)cc1)NCC(C(C)C)N1CCOCC1. The minimum absolute atomic E-state index is 0.00995. The van der Waals surface area contributed by atoms with Crippen LogP contribution in [0.15, 0.2) is 29.3 Å². The fraction of sp³-hybridized carbons (Fsp3) is 0.619. The van der Waals surface area contributed by atoms with Crippen molar-refractivity contribution in [2.75, 3.05) is 51.8 Å². The Labute approximate surface area is 179 Å². The highest BCUT2D eigenvalue weighted by Gasteiger charge is 2.23. The second-order valence-electron chi connectivity index (χ2n) is 7.50. The van der Waals surface area contributed by atoms with E-state index in [-0.39, 0.29) is 5.91 Å². The van der Waals surface area contributed by atoms with Crippen LogP contribution < -0.4 is 16.0 Å². The summed E-state index contributed by atoms with van der Waals surface area (Å²) in [6.45, 7) is 9.54. The highest BCUT2D eigenvalue weighted by atomic mass is 35.5. The molecule has 0 saturated carbocycles. The highest BCUT2D eigenvalue weighted by Crippen LogP contribution is 2.14. The summed E-state index contributed by atoms with van der Waals surface area (Å²) in [5, 5.41) is 10.2. The summed E-state index contributed by atoms with van der Waals surface area (Å²) in [5.41, 5.74) is 0.757. The van der Waals surface area contributed by atoms with Crippen molar-refractivity contribution in [2.24, 2.45) is 10.9 Å². The van der Waals surface area contributed by atoms with Gasteiger partial charge in [0.25, 0.3) is 0 Å². The molecule has 7 nitrogen and oxygen atoms in total. The van der Waals surface area contributed by atoms with Crippen molar-refractivity contribution in [3.63, 3.8) is 0 Å². The van der Waals surface area contributed by atoms with Crippen LogP contribution in [0, 0.1) is 5.92 Å². The van der Waals surface area contributed by atoms with E-state index in [2.05, 4.69) is 39.7 Å². The molecular weight excluding hydrogens is 390 g/mol. The Morgan fingerprint density at radius 3 is 2.52 bits per heavy atom. The first-order valence-electron chi connectivity index (χ1n) is 10.3. The number of ether oxygens (including phenoxy) is 1. The van der Waals surface area contributed by atoms with Gasteiger partial charge in [0.05, 0.1) is 13.2 Å². The lowest BCUT2D eigenvalue weighted by molar-refractivity contribution is -0.116. The molecule has 1 atom stereocenters. The maximum Gasteiger partial charge on any atom is 0.224 e. The number of guanidine groups is 1. The van der Waals surface area contributed by atoms with E-state index >= 15 is 0 Å². The predicted molar refractivity (Wildman–Crippen MR) is 120 cm³/mol. The third-order valence-corrected chi connectivity index (χ3v) is 5.24. The Kier molecular flexibility index (Phi) is 10.2. The Morgan fingerprint density at radius 2 is 1.90 bits per heavy atom. The van der Waals surface area contributed by atoms with Crippen LogP contribution in [0.1, 0.15) is 26.7 Å². The van der Waals surface area contributed by atoms with E-state index in [9.17, 15) is 4.79 Å². The fourth-order valence-corrected chi connectivity index (χ4v) is 3.46. The topological polar surface area (TPSA) is 78.0 Å². The lowest BCUT2D eigenvalue weighted by Gasteiger charge is -2.37. The summed E-state index contributed by atoms with van der Waals surface area (Å²) in [5.74, 6) is 1.29. The van der Waals surface area contributed by atoms with E-state index in [4.69, 9.17) is 16.3 Å². The third kappa shape index (κ3) is 8.60. The van der Waals surface area contributed by atoms with Crippen LogP contribution in [-0.4, -0.2) is 69.2 Å². The predicted octanol–water partition coefficient (Wildman–Crippen LogP) is 2.58. The number of halogens is 1. The second kappa shape index (κ2) is 12.7. The molecule has 0 aliphatic carbocycles. The highest BCUT2D eigenvalue weighted by molar-refractivity contribution is 6.30. The van der Waals surface area contributed by atoms with E-state index in [1.807, 2.05) is 0 Å². The van der Waals surface area contributed by atoms with Gasteiger partial charge in [0.15, 0.2) is 5.96 Å². The Morgan fingerprint density at radius 1 is 1.21 bits per heavy atom. The lowest BCUT2D eigenvalue weighted by Crippen LogP contribution is -2.52. The Balaban J connectivity index is 1.67. The van der Waals surface area contributed by atoms with Gasteiger partial charge in [0, 0.05) is 56.4 Å². The van der Waals surface area contributed by atoms with Gasteiger partial charge in [0.1, 0.15) is 0 Å². The molecule has 0 aromatic heterocycles. The van der Waals surface area contributed by atoms with Crippen molar-refractivity contribution >= 4 is 29.2 Å². The number of rotatable bonds is 9. The zero-order chi connectivity index (χ0) is 21.1. The molecule has 162 valence electrons. The number of benzene rings is 1. The molecule has 3 N–H and O–H groups in total. The third-order valence-electron chi connectivity index (χ3n) is 4.99. The summed E-state index contributed by atoms with van der Waals surface area (Å²) in [7, 11) is 1.77. The van der Waals surface area contributed by atoms with E-state index in [1.54, 1.807) is 31.3 Å². The van der Waals surface area contributed by atoms with Crippen LogP contribution in [-0.2, 0) is 9.53 Å². The average Bonchev–Trinajstić information content (AvgIpc) is 2.72. The number of carbonyl (C=O) groups excluding carboxylic acids is 1. The minimum Gasteiger partial charge on any atom is -0.379 e. The first kappa shape index (κ1) is 23.4. The standard InChI is InChI=1S/C21H34ClN5O2/c1-16(2)19(27-11-13-29-14-12-27)15-25-21(23-3)24-10-4-5-20(28)26-18-8-6-17(22)7-9-18/h6-9,16,19H,4-5,10-15H2,1-3H3,(H,26,28)(H2,23,24,25). The van der Waals surface area contributed by atoms with Gasteiger partial charge in [-0.3, -0.25) is 14.7 Å². The van der Waals surface area contributed by atoms with Gasteiger partial charge in [-0.15, -0.1) is 0 Å². The number of amides is 1. The van der Waals surface area contributed by atoms with Crippen molar-refractivity contribution < 1.29 is 9.53 Å². The normalized spacial score (nSPS) is 16.5. The molecule has 29 heavy (non-hydrogen) atoms. The first-order chi connectivity index (χ1) is 14.0. The summed E-state index contributed by atoms with van der Waals surface area (Å²) in [6.07, 6.45) is 1.16. The Bertz CT molecular complexity index is 645. The summed E-state index contributed by atoms with van der Waals surface area (Å²) >= 11 is 5.85. The van der Waals surface area contributed by atoms with Crippen molar-refractivity contribution in [3.8, 4) is 0 Å². The molecule has 1 aliphatic rings. The summed E-state index contributed by atoms with van der Waals surface area (Å²) in [4.78, 5) is 18.8. The van der Waals surface area contributed by atoms with Crippen molar-refractivity contribution in [1.29, 1.82) is 0 Å². The maximum atomic E-state index is 12.0. The Hall–Kier alpha value is -1.83. The van der Waals surface area contributed by atoms with Crippen LogP contribution in [0.5, 0.6) is 0 Å². The van der Waals surface area contributed by atoms with Gasteiger partial charge in [-0.05, 0) is 36.6 Å². The summed E-state index contributed by atoms with van der Waals surface area (Å²) < 4.78 is 5.47. The van der Waals surface area contributed by atoms with E-state index in [0.29, 0.717) is 29.9 Å².